The number of methoxy groups -OCH3 is 1. The second kappa shape index (κ2) is 7.87. The van der Waals surface area contributed by atoms with E-state index in [0.29, 0.717) is 16.7 Å². The van der Waals surface area contributed by atoms with Crippen LogP contribution in [-0.2, 0) is 7.05 Å². The Kier molecular flexibility index (Phi) is 5.55. The predicted octanol–water partition coefficient (Wildman–Crippen LogP) is 4.13. The first-order valence-corrected chi connectivity index (χ1v) is 8.99. The van der Waals surface area contributed by atoms with E-state index in [4.69, 9.17) is 4.74 Å². The van der Waals surface area contributed by atoms with Gasteiger partial charge in [0.2, 0.25) is 0 Å². The van der Waals surface area contributed by atoms with Gasteiger partial charge < -0.3 is 9.30 Å². The number of hydrogen-bond donors (Lipinski definition) is 0. The molecule has 140 valence electrons. The second-order valence-electron chi connectivity index (χ2n) is 5.82. The van der Waals surface area contributed by atoms with Crippen molar-refractivity contribution in [3.05, 3.63) is 59.7 Å². The number of carbonyl (C=O) groups is 1. The van der Waals surface area contributed by atoms with E-state index in [0.717, 1.165) is 17.7 Å². The van der Waals surface area contributed by atoms with Crippen LogP contribution in [0.4, 0.5) is 8.78 Å². The number of rotatable bonds is 6. The number of para-hydroxylation sites is 1. The normalized spacial score (nSPS) is 12.0. The number of Topliss-reactive ketones (excluding diaryl/α,β-unsaturated/α-hetero) is 1. The van der Waals surface area contributed by atoms with E-state index in [1.165, 1.54) is 17.8 Å². The number of hydrogen-bond acceptors (Lipinski definition) is 5. The van der Waals surface area contributed by atoms with Crippen LogP contribution in [0.3, 0.4) is 0 Å². The smallest absolute Gasteiger partial charge is 0.191 e. The van der Waals surface area contributed by atoms with Crippen molar-refractivity contribution >= 4 is 17.5 Å². The first kappa shape index (κ1) is 19.0. The number of halogens is 2. The Hall–Kier alpha value is -2.74. The highest BCUT2D eigenvalue weighted by Crippen LogP contribution is 2.31. The Morgan fingerprint density at radius 3 is 2.59 bits per heavy atom. The van der Waals surface area contributed by atoms with Gasteiger partial charge in [0.25, 0.3) is 0 Å². The molecule has 0 bridgehead atoms. The third-order valence-electron chi connectivity index (χ3n) is 4.04. The summed E-state index contributed by atoms with van der Waals surface area (Å²) in [6, 6.07) is 10.5. The molecule has 0 aliphatic carbocycles. The highest BCUT2D eigenvalue weighted by Gasteiger charge is 2.22. The van der Waals surface area contributed by atoms with Crippen LogP contribution in [0, 0.1) is 11.6 Å². The molecule has 0 radical (unpaired) electrons. The van der Waals surface area contributed by atoms with Gasteiger partial charge in [-0.25, -0.2) is 8.78 Å². The molecule has 1 heterocycles. The van der Waals surface area contributed by atoms with Crippen LogP contribution < -0.4 is 4.74 Å². The number of nitrogens with zero attached hydrogens (tertiary/aromatic N) is 3. The van der Waals surface area contributed by atoms with Crippen molar-refractivity contribution in [1.82, 2.24) is 14.8 Å². The summed E-state index contributed by atoms with van der Waals surface area (Å²) < 4.78 is 33.6. The Balaban J connectivity index is 1.83. The highest BCUT2D eigenvalue weighted by atomic mass is 32.2. The van der Waals surface area contributed by atoms with E-state index >= 15 is 0 Å². The number of ether oxygens (including phenoxy) is 1. The third-order valence-corrected chi connectivity index (χ3v) is 5.17. The topological polar surface area (TPSA) is 57.0 Å². The molecule has 0 unspecified atom stereocenters. The van der Waals surface area contributed by atoms with E-state index < -0.39 is 16.9 Å². The lowest BCUT2D eigenvalue weighted by Gasteiger charge is -2.11. The van der Waals surface area contributed by atoms with E-state index in [1.54, 1.807) is 25.6 Å². The van der Waals surface area contributed by atoms with Crippen molar-refractivity contribution in [2.75, 3.05) is 7.11 Å². The number of ketones is 1. The van der Waals surface area contributed by atoms with Gasteiger partial charge in [-0.2, -0.15) is 0 Å². The summed E-state index contributed by atoms with van der Waals surface area (Å²) >= 11 is 1.19. The molecule has 0 fully saturated rings. The van der Waals surface area contributed by atoms with Gasteiger partial charge in [0, 0.05) is 12.6 Å². The lowest BCUT2D eigenvalue weighted by Crippen LogP contribution is -2.15. The first-order chi connectivity index (χ1) is 12.9. The standard InChI is InChI=1S/C19H17F2N3O2S/c1-11(17(25)12-8-9-14(20)15(21)10-12)27-19-23-22-18(24(19)2)13-6-4-5-7-16(13)26-3/h4-11H,1-3H3/t11-/m1/s1. The average molecular weight is 389 g/mol. The summed E-state index contributed by atoms with van der Waals surface area (Å²) in [6.45, 7) is 1.69. The SMILES string of the molecule is COc1ccccc1-c1nnc(S[C@H](C)C(=O)c2ccc(F)c(F)c2)n1C. The molecule has 27 heavy (non-hydrogen) atoms. The van der Waals surface area contributed by atoms with Crippen LogP contribution >= 0.6 is 11.8 Å². The van der Waals surface area contributed by atoms with Crippen molar-refractivity contribution in [3.8, 4) is 17.1 Å². The number of aromatic nitrogens is 3. The molecule has 8 heteroatoms. The van der Waals surface area contributed by atoms with Crippen molar-refractivity contribution in [1.29, 1.82) is 0 Å². The number of thioether (sulfide) groups is 1. The van der Waals surface area contributed by atoms with Gasteiger partial charge in [-0.15, -0.1) is 10.2 Å². The molecule has 3 rings (SSSR count). The minimum atomic E-state index is -1.05. The molecule has 0 amide bonds. The molecule has 0 saturated carbocycles. The zero-order valence-corrected chi connectivity index (χ0v) is 15.8. The summed E-state index contributed by atoms with van der Waals surface area (Å²) in [4.78, 5) is 12.5. The molecule has 0 aliphatic heterocycles. The highest BCUT2D eigenvalue weighted by molar-refractivity contribution is 8.00. The summed E-state index contributed by atoms with van der Waals surface area (Å²) in [7, 11) is 3.37. The number of benzene rings is 2. The van der Waals surface area contributed by atoms with Crippen molar-refractivity contribution in [3.63, 3.8) is 0 Å². The molecular formula is C19H17F2N3O2S. The summed E-state index contributed by atoms with van der Waals surface area (Å²) in [5.74, 6) is -1.09. The monoisotopic (exact) mass is 389 g/mol. The van der Waals surface area contributed by atoms with Gasteiger partial charge >= 0.3 is 0 Å². The molecule has 0 aliphatic rings. The fourth-order valence-electron chi connectivity index (χ4n) is 2.58. The lowest BCUT2D eigenvalue weighted by molar-refractivity contribution is 0.0993. The Labute approximate surface area is 159 Å². The van der Waals surface area contributed by atoms with E-state index in [9.17, 15) is 13.6 Å². The van der Waals surface area contributed by atoms with Crippen LogP contribution in [-0.4, -0.2) is 32.9 Å². The molecule has 1 atom stereocenters. The van der Waals surface area contributed by atoms with Crippen LogP contribution in [0.2, 0.25) is 0 Å². The van der Waals surface area contributed by atoms with Crippen molar-refractivity contribution in [2.24, 2.45) is 7.05 Å². The average Bonchev–Trinajstić information content (AvgIpc) is 3.03. The molecule has 0 N–H and O–H groups in total. The largest absolute Gasteiger partial charge is 0.496 e. The minimum Gasteiger partial charge on any atom is -0.496 e. The van der Waals surface area contributed by atoms with Gasteiger partial charge in [-0.1, -0.05) is 23.9 Å². The Morgan fingerprint density at radius 2 is 1.89 bits per heavy atom. The van der Waals surface area contributed by atoms with Gasteiger partial charge in [0.05, 0.1) is 17.9 Å². The van der Waals surface area contributed by atoms with E-state index in [2.05, 4.69) is 10.2 Å². The fourth-order valence-corrected chi connectivity index (χ4v) is 3.47. The minimum absolute atomic E-state index is 0.112. The second-order valence-corrected chi connectivity index (χ2v) is 7.13. The first-order valence-electron chi connectivity index (χ1n) is 8.11. The summed E-state index contributed by atoms with van der Waals surface area (Å²) in [5.41, 5.74) is 0.891. The molecule has 5 nitrogen and oxygen atoms in total. The van der Waals surface area contributed by atoms with Gasteiger partial charge in [0.15, 0.2) is 28.4 Å². The predicted molar refractivity (Wildman–Crippen MR) is 99.0 cm³/mol. The van der Waals surface area contributed by atoms with Crippen LogP contribution in [0.15, 0.2) is 47.6 Å². The van der Waals surface area contributed by atoms with Crippen molar-refractivity contribution < 1.29 is 18.3 Å². The van der Waals surface area contributed by atoms with Gasteiger partial charge in [0.1, 0.15) is 5.75 Å². The van der Waals surface area contributed by atoms with Crippen LogP contribution in [0.5, 0.6) is 5.75 Å². The Bertz CT molecular complexity index is 991. The fraction of sp³-hybridized carbons (Fsp3) is 0.211. The van der Waals surface area contributed by atoms with Gasteiger partial charge in [-0.05, 0) is 37.3 Å². The Morgan fingerprint density at radius 1 is 1.15 bits per heavy atom. The molecule has 1 aromatic heterocycles. The maximum absolute atomic E-state index is 13.4. The maximum Gasteiger partial charge on any atom is 0.191 e. The summed E-state index contributed by atoms with van der Waals surface area (Å²) in [6.07, 6.45) is 0. The van der Waals surface area contributed by atoms with Crippen molar-refractivity contribution in [2.45, 2.75) is 17.3 Å². The third kappa shape index (κ3) is 3.85. The van der Waals surface area contributed by atoms with Gasteiger partial charge in [-0.3, -0.25) is 4.79 Å². The van der Waals surface area contributed by atoms with Crippen LogP contribution in [0.1, 0.15) is 17.3 Å². The summed E-state index contributed by atoms with van der Waals surface area (Å²) in [5, 5.41) is 8.32. The van der Waals surface area contributed by atoms with E-state index in [-0.39, 0.29) is 11.3 Å². The molecule has 0 spiro atoms. The maximum atomic E-state index is 13.4. The number of carbonyl (C=O) groups excluding carboxylic acids is 1. The molecule has 3 aromatic rings. The van der Waals surface area contributed by atoms with E-state index in [1.807, 2.05) is 24.3 Å². The molecule has 2 aromatic carbocycles. The quantitative estimate of drug-likeness (QED) is 0.469. The molecular weight excluding hydrogens is 372 g/mol. The van der Waals surface area contributed by atoms with Crippen LogP contribution in [0.25, 0.3) is 11.4 Å². The molecule has 0 saturated heterocycles. The zero-order chi connectivity index (χ0) is 19.6. The lowest BCUT2D eigenvalue weighted by atomic mass is 10.1. The zero-order valence-electron chi connectivity index (χ0n) is 14.9.